The normalized spacial score (nSPS) is 14.9. The number of aromatic nitrogens is 1. The molecule has 5 aromatic rings. The number of ether oxygens (including phenoxy) is 1. The van der Waals surface area contributed by atoms with Crippen molar-refractivity contribution >= 4 is 39.3 Å². The number of anilines is 3. The Bertz CT molecular complexity index is 1930. The van der Waals surface area contributed by atoms with E-state index in [1.54, 1.807) is 4.57 Å². The van der Waals surface area contributed by atoms with E-state index < -0.39 is 0 Å². The van der Waals surface area contributed by atoms with Gasteiger partial charge in [0.1, 0.15) is 5.69 Å². The number of hydrogen-bond acceptors (Lipinski definition) is 4. The number of rotatable bonds is 3. The minimum absolute atomic E-state index is 0. The summed E-state index contributed by atoms with van der Waals surface area (Å²) >= 11 is 0. The Morgan fingerprint density at radius 2 is 1.37 bits per heavy atom. The Morgan fingerprint density at radius 1 is 0.756 bits per heavy atom. The molecule has 4 aromatic carbocycles. The number of hydrazone groups is 1. The molecule has 2 aliphatic heterocycles. The molecule has 0 saturated carbocycles. The van der Waals surface area contributed by atoms with Gasteiger partial charge in [0.15, 0.2) is 12.7 Å². The quantitative estimate of drug-likeness (QED) is 0.222. The second-order valence-corrected chi connectivity index (χ2v) is 9.83. The number of pyridine rings is 1. The van der Waals surface area contributed by atoms with Gasteiger partial charge in [-0.1, -0.05) is 77.5 Å². The predicted molar refractivity (Wildman–Crippen MR) is 162 cm³/mol. The molecule has 0 saturated heterocycles. The van der Waals surface area contributed by atoms with Gasteiger partial charge in [0.25, 0.3) is 5.56 Å². The summed E-state index contributed by atoms with van der Waals surface area (Å²) in [5, 5.41) is 3.57. The van der Waals surface area contributed by atoms with Gasteiger partial charge in [0, 0.05) is 29.9 Å². The molecule has 202 valence electrons. The maximum atomic E-state index is 14.0. The Balaban J connectivity index is 0.00000302. The van der Waals surface area contributed by atoms with Crippen LogP contribution in [0.2, 0.25) is 0 Å². The van der Waals surface area contributed by atoms with Gasteiger partial charge in [-0.15, -0.1) is 5.01 Å². The molecule has 0 atom stereocenters. The Kier molecular flexibility index (Phi) is 6.96. The summed E-state index contributed by atoms with van der Waals surface area (Å²) in [5.41, 5.74) is 5.60. The Hall–Kier alpha value is -4.63. The van der Waals surface area contributed by atoms with Crippen LogP contribution in [0.1, 0.15) is 5.56 Å². The van der Waals surface area contributed by atoms with E-state index in [4.69, 9.17) is 4.74 Å². The largest absolute Gasteiger partial charge is 1.00 e. The molecule has 7 rings (SSSR count). The highest BCUT2D eigenvalue weighted by Gasteiger charge is 2.37. The van der Waals surface area contributed by atoms with Crippen molar-refractivity contribution in [2.75, 3.05) is 24.0 Å². The van der Waals surface area contributed by atoms with Crippen LogP contribution in [0.4, 0.5) is 17.1 Å². The lowest BCUT2D eigenvalue weighted by Crippen LogP contribution is -3.00. The van der Waals surface area contributed by atoms with Crippen molar-refractivity contribution < 1.29 is 33.4 Å². The molecule has 0 N–H and O–H groups in total. The summed E-state index contributed by atoms with van der Waals surface area (Å²) in [6.45, 7) is 0. The van der Waals surface area contributed by atoms with Gasteiger partial charge in [-0.05, 0) is 48.0 Å². The Morgan fingerprint density at radius 3 is 2.10 bits per heavy atom. The fourth-order valence-corrected chi connectivity index (χ4v) is 5.47. The van der Waals surface area contributed by atoms with Crippen molar-refractivity contribution in [2.45, 2.75) is 0 Å². The number of benzene rings is 4. The van der Waals surface area contributed by atoms with E-state index in [9.17, 15) is 4.79 Å². The van der Waals surface area contributed by atoms with Crippen LogP contribution in [0.15, 0.2) is 132 Å². The molecule has 0 radical (unpaired) electrons. The average molecular weight is 651 g/mol. The maximum Gasteiger partial charge on any atom is 0.399 e. The van der Waals surface area contributed by atoms with E-state index >= 15 is 0 Å². The number of fused-ring (bicyclic) bond motifs is 4. The van der Waals surface area contributed by atoms with Crippen molar-refractivity contribution in [2.24, 2.45) is 0 Å². The fraction of sp³-hybridized carbons (Fsp3) is 0.0588. The van der Waals surface area contributed by atoms with Crippen LogP contribution >= 0.6 is 0 Å². The molecule has 0 amide bonds. The van der Waals surface area contributed by atoms with Gasteiger partial charge < -0.3 is 33.6 Å². The fourth-order valence-electron chi connectivity index (χ4n) is 5.47. The smallest absolute Gasteiger partial charge is 0.399 e. The zero-order chi connectivity index (χ0) is 27.2. The van der Waals surface area contributed by atoms with Gasteiger partial charge in [0.2, 0.25) is 5.88 Å². The summed E-state index contributed by atoms with van der Waals surface area (Å²) in [7, 11) is 4.03. The second kappa shape index (κ2) is 10.7. The highest BCUT2D eigenvalue weighted by molar-refractivity contribution is 6.04. The zero-order valence-electron chi connectivity index (χ0n) is 22.6. The average Bonchev–Trinajstić information content (AvgIpc) is 3.00. The van der Waals surface area contributed by atoms with Crippen LogP contribution in [0, 0.1) is 0 Å². The first kappa shape index (κ1) is 26.6. The van der Waals surface area contributed by atoms with Crippen LogP contribution in [-0.2, 0) is 0 Å². The molecular weight excluding hydrogens is 623 g/mol. The summed E-state index contributed by atoms with van der Waals surface area (Å²) in [5.74, 6) is 1.06. The molecule has 0 aliphatic carbocycles. The lowest BCUT2D eigenvalue weighted by Gasteiger charge is -2.29. The van der Waals surface area contributed by atoms with Crippen molar-refractivity contribution in [1.29, 1.82) is 0 Å². The van der Waals surface area contributed by atoms with Crippen LogP contribution in [-0.4, -0.2) is 29.2 Å². The zero-order valence-corrected chi connectivity index (χ0v) is 24.8. The van der Waals surface area contributed by atoms with Crippen molar-refractivity contribution in [3.05, 3.63) is 143 Å². The highest BCUT2D eigenvalue weighted by Crippen LogP contribution is 2.42. The summed E-state index contributed by atoms with van der Waals surface area (Å²) in [6, 6.07) is 35.8. The molecule has 0 spiro atoms. The lowest BCUT2D eigenvalue weighted by atomic mass is 10.00. The number of para-hydroxylation sites is 3. The van der Waals surface area contributed by atoms with Gasteiger partial charge >= 0.3 is 5.90 Å². The van der Waals surface area contributed by atoms with E-state index in [0.717, 1.165) is 39.3 Å². The lowest BCUT2D eigenvalue weighted by molar-refractivity contribution is -0.509. The van der Waals surface area contributed by atoms with Crippen molar-refractivity contribution in [3.8, 4) is 11.6 Å². The summed E-state index contributed by atoms with van der Waals surface area (Å²) < 4.78 is 10.4. The monoisotopic (exact) mass is 650 g/mol. The van der Waals surface area contributed by atoms with Crippen LogP contribution in [0.25, 0.3) is 22.0 Å². The van der Waals surface area contributed by atoms with E-state index in [-0.39, 0.29) is 29.5 Å². The van der Waals surface area contributed by atoms with Gasteiger partial charge in [0.05, 0.1) is 17.1 Å². The number of nitrogens with zero attached hydrogens (tertiary/aromatic N) is 4. The van der Waals surface area contributed by atoms with Crippen LogP contribution in [0.5, 0.6) is 5.88 Å². The first-order valence-corrected chi connectivity index (χ1v) is 13.2. The molecular formula is C34H27IN4O2. The number of halogens is 1. The molecule has 2 aliphatic rings. The SMILES string of the molecule is CN1C=C/C(=C\C2=[N+](C)N(c3ccccc3)c3c(n(-c4ccccc4)c(=O)c4ccccc34)O2)c2ccccc21.[I-]. The van der Waals surface area contributed by atoms with Crippen molar-refractivity contribution in [1.82, 2.24) is 4.57 Å². The van der Waals surface area contributed by atoms with E-state index in [2.05, 4.69) is 40.3 Å². The molecule has 1 aromatic heterocycles. The molecule has 6 nitrogen and oxygen atoms in total. The standard InChI is InChI=1S/C34H27N4O2.HI/c1-35-22-21-24(27-17-11-12-20-30(27)35)23-31-36(2)38(26-15-7-4-8-16-26)32-28-18-9-10-19-29(28)33(39)37(34(32)40-31)25-13-5-3-6-14-25;/h3-23H,1-2H3;1H/q+1;/p-1. The van der Waals surface area contributed by atoms with E-state index in [0.29, 0.717) is 17.2 Å². The third-order valence-electron chi connectivity index (χ3n) is 7.42. The van der Waals surface area contributed by atoms with Crippen LogP contribution in [0.3, 0.4) is 0 Å². The second-order valence-electron chi connectivity index (χ2n) is 9.83. The summed E-state index contributed by atoms with van der Waals surface area (Å²) in [6.07, 6.45) is 6.17. The van der Waals surface area contributed by atoms with Gasteiger partial charge in [-0.25, -0.2) is 4.57 Å². The Labute approximate surface area is 255 Å². The van der Waals surface area contributed by atoms with E-state index in [1.807, 2.05) is 116 Å². The summed E-state index contributed by atoms with van der Waals surface area (Å²) in [4.78, 5) is 16.1. The molecule has 3 heterocycles. The van der Waals surface area contributed by atoms with Gasteiger partial charge in [-0.2, -0.15) is 0 Å². The maximum absolute atomic E-state index is 14.0. The van der Waals surface area contributed by atoms with Crippen molar-refractivity contribution in [3.63, 3.8) is 0 Å². The minimum atomic E-state index is -0.130. The molecule has 0 fully saturated rings. The molecule has 41 heavy (non-hydrogen) atoms. The molecule has 0 unspecified atom stereocenters. The third-order valence-corrected chi connectivity index (χ3v) is 7.42. The highest BCUT2D eigenvalue weighted by atomic mass is 127. The molecule has 0 bridgehead atoms. The van der Waals surface area contributed by atoms with Crippen LogP contribution < -0.4 is 44.2 Å². The third kappa shape index (κ3) is 4.42. The predicted octanol–water partition coefficient (Wildman–Crippen LogP) is 3.53. The topological polar surface area (TPSA) is 40.7 Å². The number of hydrogen-bond donors (Lipinski definition) is 0. The number of hydrazine groups is 1. The van der Waals surface area contributed by atoms with Gasteiger partial charge in [-0.3, -0.25) is 4.79 Å². The number of allylic oxidation sites excluding steroid dienone is 2. The van der Waals surface area contributed by atoms with E-state index in [1.165, 1.54) is 0 Å². The minimum Gasteiger partial charge on any atom is -1.00 e. The first-order chi connectivity index (χ1) is 19.6. The molecule has 7 heteroatoms. The first-order valence-electron chi connectivity index (χ1n) is 13.2.